The molecule has 1 unspecified atom stereocenters. The molecule has 2 heteroatoms. The Labute approximate surface area is 87.0 Å². The minimum atomic E-state index is 0.702. The lowest BCUT2D eigenvalue weighted by molar-refractivity contribution is 0.189. The average Bonchev–Trinajstić information content (AvgIpc) is 2.95. The molecule has 1 saturated carbocycles. The first-order chi connectivity index (χ1) is 6.79. The SMILES string of the molecule is CC1CC2(CCNCC2)CN1C1CC1. The Morgan fingerprint density at radius 1 is 1.21 bits per heavy atom. The van der Waals surface area contributed by atoms with Crippen LogP contribution in [0.3, 0.4) is 0 Å². The Bertz CT molecular complexity index is 216. The molecule has 2 nitrogen and oxygen atoms in total. The normalized spacial score (nSPS) is 37.9. The molecule has 3 fully saturated rings. The van der Waals surface area contributed by atoms with Gasteiger partial charge in [0.2, 0.25) is 0 Å². The minimum absolute atomic E-state index is 0.702. The number of hydrogen-bond acceptors (Lipinski definition) is 2. The molecule has 2 aliphatic heterocycles. The average molecular weight is 194 g/mol. The van der Waals surface area contributed by atoms with Gasteiger partial charge in [0.15, 0.2) is 0 Å². The third-order valence-corrected chi connectivity index (χ3v) is 4.49. The van der Waals surface area contributed by atoms with Gasteiger partial charge < -0.3 is 5.32 Å². The molecule has 3 aliphatic rings. The smallest absolute Gasteiger partial charge is 0.00994 e. The van der Waals surface area contributed by atoms with Crippen LogP contribution in [0.2, 0.25) is 0 Å². The van der Waals surface area contributed by atoms with Crippen LogP contribution in [0.25, 0.3) is 0 Å². The van der Waals surface area contributed by atoms with Gasteiger partial charge >= 0.3 is 0 Å². The van der Waals surface area contributed by atoms with Gasteiger partial charge in [-0.2, -0.15) is 0 Å². The summed E-state index contributed by atoms with van der Waals surface area (Å²) in [4.78, 5) is 2.80. The van der Waals surface area contributed by atoms with Crippen molar-refractivity contribution in [3.05, 3.63) is 0 Å². The maximum absolute atomic E-state index is 3.49. The summed E-state index contributed by atoms with van der Waals surface area (Å²) in [5, 5.41) is 3.49. The van der Waals surface area contributed by atoms with E-state index in [2.05, 4.69) is 17.1 Å². The Morgan fingerprint density at radius 2 is 1.93 bits per heavy atom. The predicted molar refractivity (Wildman–Crippen MR) is 58.3 cm³/mol. The lowest BCUT2D eigenvalue weighted by Crippen LogP contribution is -2.39. The summed E-state index contributed by atoms with van der Waals surface area (Å²) < 4.78 is 0. The summed E-state index contributed by atoms with van der Waals surface area (Å²) in [5.41, 5.74) is 0.702. The lowest BCUT2D eigenvalue weighted by Gasteiger charge is -2.33. The summed E-state index contributed by atoms with van der Waals surface area (Å²) in [7, 11) is 0. The van der Waals surface area contributed by atoms with Gasteiger partial charge in [0.25, 0.3) is 0 Å². The van der Waals surface area contributed by atoms with Crippen LogP contribution in [0, 0.1) is 5.41 Å². The van der Waals surface area contributed by atoms with Crippen LogP contribution >= 0.6 is 0 Å². The van der Waals surface area contributed by atoms with Crippen molar-refractivity contribution in [2.24, 2.45) is 5.41 Å². The molecule has 1 spiro atoms. The summed E-state index contributed by atoms with van der Waals surface area (Å²) >= 11 is 0. The van der Waals surface area contributed by atoms with E-state index in [1.165, 1.54) is 51.7 Å². The van der Waals surface area contributed by atoms with E-state index < -0.39 is 0 Å². The number of rotatable bonds is 1. The van der Waals surface area contributed by atoms with Crippen LogP contribution in [-0.2, 0) is 0 Å². The van der Waals surface area contributed by atoms with Crippen molar-refractivity contribution >= 4 is 0 Å². The molecular formula is C12H22N2. The zero-order valence-electron chi connectivity index (χ0n) is 9.26. The van der Waals surface area contributed by atoms with E-state index in [0.717, 1.165) is 12.1 Å². The number of likely N-dealkylation sites (tertiary alicyclic amines) is 1. The van der Waals surface area contributed by atoms with Crippen molar-refractivity contribution in [1.82, 2.24) is 10.2 Å². The number of piperidine rings is 1. The molecule has 80 valence electrons. The summed E-state index contributed by atoms with van der Waals surface area (Å²) in [6, 6.07) is 1.83. The molecule has 1 atom stereocenters. The highest BCUT2D eigenvalue weighted by Gasteiger charge is 2.46. The van der Waals surface area contributed by atoms with Crippen LogP contribution in [0.15, 0.2) is 0 Å². The molecule has 0 radical (unpaired) electrons. The minimum Gasteiger partial charge on any atom is -0.317 e. The topological polar surface area (TPSA) is 15.3 Å². The lowest BCUT2D eigenvalue weighted by atomic mass is 9.77. The highest BCUT2D eigenvalue weighted by atomic mass is 15.2. The molecular weight excluding hydrogens is 172 g/mol. The molecule has 0 aromatic rings. The van der Waals surface area contributed by atoms with Gasteiger partial charge in [-0.15, -0.1) is 0 Å². The van der Waals surface area contributed by atoms with E-state index in [4.69, 9.17) is 0 Å². The standard InChI is InChI=1S/C12H22N2/c1-10-8-12(4-6-13-7-5-12)9-14(10)11-2-3-11/h10-11,13H,2-9H2,1H3. The summed E-state index contributed by atoms with van der Waals surface area (Å²) in [6.07, 6.45) is 7.24. The number of nitrogens with zero attached hydrogens (tertiary/aromatic N) is 1. The van der Waals surface area contributed by atoms with Gasteiger partial charge in [-0.25, -0.2) is 0 Å². The van der Waals surface area contributed by atoms with Crippen molar-refractivity contribution in [2.75, 3.05) is 19.6 Å². The maximum Gasteiger partial charge on any atom is 0.00994 e. The van der Waals surface area contributed by atoms with Gasteiger partial charge in [-0.1, -0.05) is 0 Å². The number of nitrogens with one attached hydrogen (secondary N) is 1. The van der Waals surface area contributed by atoms with Gasteiger partial charge in [0, 0.05) is 18.6 Å². The van der Waals surface area contributed by atoms with Gasteiger partial charge in [-0.05, 0) is 57.5 Å². The molecule has 1 aliphatic carbocycles. The molecule has 2 heterocycles. The molecule has 1 N–H and O–H groups in total. The Balaban J connectivity index is 1.70. The fraction of sp³-hybridized carbons (Fsp3) is 1.00. The Hall–Kier alpha value is -0.0800. The second kappa shape index (κ2) is 3.21. The summed E-state index contributed by atoms with van der Waals surface area (Å²) in [6.45, 7) is 6.35. The second-order valence-corrected chi connectivity index (χ2v) is 5.71. The largest absolute Gasteiger partial charge is 0.317 e. The van der Waals surface area contributed by atoms with Crippen molar-refractivity contribution in [3.8, 4) is 0 Å². The van der Waals surface area contributed by atoms with E-state index in [1.54, 1.807) is 0 Å². The Kier molecular flexibility index (Phi) is 2.10. The molecule has 14 heavy (non-hydrogen) atoms. The highest BCUT2D eigenvalue weighted by Crippen LogP contribution is 2.45. The molecule has 0 amide bonds. The van der Waals surface area contributed by atoms with Gasteiger partial charge in [-0.3, -0.25) is 4.90 Å². The fourth-order valence-electron chi connectivity index (χ4n) is 3.57. The number of hydrogen-bond donors (Lipinski definition) is 1. The van der Waals surface area contributed by atoms with Crippen LogP contribution in [0.5, 0.6) is 0 Å². The van der Waals surface area contributed by atoms with Crippen LogP contribution < -0.4 is 5.32 Å². The van der Waals surface area contributed by atoms with E-state index in [-0.39, 0.29) is 0 Å². The first-order valence-corrected chi connectivity index (χ1v) is 6.26. The van der Waals surface area contributed by atoms with Crippen LogP contribution in [-0.4, -0.2) is 36.6 Å². The Morgan fingerprint density at radius 3 is 2.57 bits per heavy atom. The maximum atomic E-state index is 3.49. The fourth-order valence-corrected chi connectivity index (χ4v) is 3.57. The molecule has 0 bridgehead atoms. The van der Waals surface area contributed by atoms with E-state index in [0.29, 0.717) is 5.41 Å². The van der Waals surface area contributed by atoms with E-state index in [1.807, 2.05) is 0 Å². The predicted octanol–water partition coefficient (Wildman–Crippen LogP) is 1.61. The van der Waals surface area contributed by atoms with Crippen molar-refractivity contribution < 1.29 is 0 Å². The molecule has 0 aromatic carbocycles. The van der Waals surface area contributed by atoms with Crippen LogP contribution in [0.4, 0.5) is 0 Å². The first-order valence-electron chi connectivity index (χ1n) is 6.26. The molecule has 3 rings (SSSR count). The van der Waals surface area contributed by atoms with Crippen molar-refractivity contribution in [3.63, 3.8) is 0 Å². The van der Waals surface area contributed by atoms with Crippen molar-refractivity contribution in [2.45, 2.75) is 51.1 Å². The molecule has 2 saturated heterocycles. The third kappa shape index (κ3) is 1.49. The monoisotopic (exact) mass is 194 g/mol. The second-order valence-electron chi connectivity index (χ2n) is 5.71. The zero-order chi connectivity index (χ0) is 9.60. The third-order valence-electron chi connectivity index (χ3n) is 4.49. The van der Waals surface area contributed by atoms with Crippen molar-refractivity contribution in [1.29, 1.82) is 0 Å². The van der Waals surface area contributed by atoms with E-state index in [9.17, 15) is 0 Å². The zero-order valence-corrected chi connectivity index (χ0v) is 9.26. The molecule has 0 aromatic heterocycles. The highest BCUT2D eigenvalue weighted by molar-refractivity contribution is 5.01. The summed E-state index contributed by atoms with van der Waals surface area (Å²) in [5.74, 6) is 0. The first kappa shape index (κ1) is 9.17. The van der Waals surface area contributed by atoms with Crippen LogP contribution in [0.1, 0.15) is 39.0 Å². The van der Waals surface area contributed by atoms with E-state index >= 15 is 0 Å². The van der Waals surface area contributed by atoms with Gasteiger partial charge in [0.1, 0.15) is 0 Å². The quantitative estimate of drug-likeness (QED) is 0.682. The van der Waals surface area contributed by atoms with Gasteiger partial charge in [0.05, 0.1) is 0 Å².